The molecule has 0 N–H and O–H groups in total. The number of benzene rings is 3. The van der Waals surface area contributed by atoms with Gasteiger partial charge >= 0.3 is 227 Å². The van der Waals surface area contributed by atoms with Crippen molar-refractivity contribution in [2.24, 2.45) is 0 Å². The first-order valence-electron chi connectivity index (χ1n) is 13.1. The molecule has 36 heavy (non-hydrogen) atoms. The Morgan fingerprint density at radius 1 is 0.694 bits per heavy atom. The van der Waals surface area contributed by atoms with Gasteiger partial charge < -0.3 is 0 Å². The molecule has 0 aromatic heterocycles. The molecule has 0 bridgehead atoms. The van der Waals surface area contributed by atoms with Gasteiger partial charge in [0.15, 0.2) is 0 Å². The molecule has 0 amide bonds. The van der Waals surface area contributed by atoms with Crippen molar-refractivity contribution < 1.29 is 15.9 Å². The summed E-state index contributed by atoms with van der Waals surface area (Å²) in [7, 11) is 16.4. The molecule has 3 heteroatoms. The summed E-state index contributed by atoms with van der Waals surface area (Å²) in [5.41, 5.74) is 11.8. The number of fused-ring (bicyclic) bond motifs is 4. The van der Waals surface area contributed by atoms with Crippen LogP contribution >= 0.6 is 17.0 Å². The fourth-order valence-electron chi connectivity index (χ4n) is 6.50. The zero-order valence-electron chi connectivity index (χ0n) is 22.8. The Balaban J connectivity index is 1.86. The predicted octanol–water partition coefficient (Wildman–Crippen LogP) is 10.3. The summed E-state index contributed by atoms with van der Waals surface area (Å²) < 4.78 is 2.32. The molecule has 2 aliphatic rings. The van der Waals surface area contributed by atoms with Crippen LogP contribution in [0.2, 0.25) is 0 Å². The summed E-state index contributed by atoms with van der Waals surface area (Å²) >= 11 is -4.81. The number of hydrogen-bond acceptors (Lipinski definition) is 0. The first-order chi connectivity index (χ1) is 16.7. The first-order valence-corrected chi connectivity index (χ1v) is 23.7. The van der Waals surface area contributed by atoms with Crippen LogP contribution in [0.3, 0.4) is 0 Å². The van der Waals surface area contributed by atoms with E-state index in [4.69, 9.17) is 17.0 Å². The normalized spacial score (nSPS) is 18.0. The van der Waals surface area contributed by atoms with Crippen molar-refractivity contribution in [1.82, 2.24) is 0 Å². The summed E-state index contributed by atoms with van der Waals surface area (Å²) in [6, 6.07) is 22.7. The molecule has 0 radical (unpaired) electrons. The van der Waals surface area contributed by atoms with Gasteiger partial charge in [0, 0.05) is 0 Å². The third-order valence-corrected chi connectivity index (χ3v) is 27.8. The number of rotatable bonds is 2. The van der Waals surface area contributed by atoms with Crippen LogP contribution in [0, 0.1) is 0 Å². The number of halogens is 2. The molecule has 3 aromatic rings. The van der Waals surface area contributed by atoms with Gasteiger partial charge in [0.1, 0.15) is 0 Å². The molecule has 0 heterocycles. The van der Waals surface area contributed by atoms with Crippen LogP contribution in [0.5, 0.6) is 0 Å². The maximum atomic E-state index is 8.18. The number of hydrogen-bond donors (Lipinski definition) is 0. The topological polar surface area (TPSA) is 0 Å². The van der Waals surface area contributed by atoms with Crippen molar-refractivity contribution >= 4 is 26.8 Å². The van der Waals surface area contributed by atoms with E-state index in [2.05, 4.69) is 126 Å². The average molecular weight is 597 g/mol. The van der Waals surface area contributed by atoms with Crippen LogP contribution in [-0.4, -0.2) is 3.71 Å². The molecule has 0 saturated carbocycles. The molecule has 1 atom stereocenters. The van der Waals surface area contributed by atoms with Crippen molar-refractivity contribution in [2.45, 2.75) is 73.5 Å². The zero-order chi connectivity index (χ0) is 26.3. The SMILES string of the molecule is C[CH]=[Zr]([Cl])([Cl])([CH]1C(C)=Cc2ccccc21)[CH]1c2cc(C(C)(C)C)ccc2-c2ccc(C(C)(C)C)cc21. The minimum absolute atomic E-state index is 0.00567. The molecular weight excluding hydrogens is 558 g/mol. The maximum absolute atomic E-state index is 8.18. The van der Waals surface area contributed by atoms with E-state index in [0.29, 0.717) is 0 Å². The summed E-state index contributed by atoms with van der Waals surface area (Å²) in [6.45, 7) is 18.0. The van der Waals surface area contributed by atoms with E-state index >= 15 is 0 Å². The van der Waals surface area contributed by atoms with Gasteiger partial charge in [-0.3, -0.25) is 0 Å². The zero-order valence-corrected chi connectivity index (χ0v) is 26.8. The van der Waals surface area contributed by atoms with Crippen molar-refractivity contribution in [3.63, 3.8) is 0 Å². The van der Waals surface area contributed by atoms with Crippen LogP contribution in [0.4, 0.5) is 0 Å². The number of allylic oxidation sites excluding steroid dienone is 1. The summed E-state index contributed by atoms with van der Waals surface area (Å²) in [6.07, 6.45) is 2.30. The van der Waals surface area contributed by atoms with Crippen molar-refractivity contribution in [3.8, 4) is 11.1 Å². The molecule has 0 spiro atoms. The standard InChI is InChI=1S/C21H25.C10H9.C2H4.2ClH.Zr/c1-20(2,3)16-7-9-18-14(12-16)11-15-13-17(21(4,5)6)8-10-19(15)18;1-8-6-9-4-2-3-5-10(9)7-8;1-2;;;/h7-13H,1-6H3;2-7H,1H3;1H,2H3;2*1H;/q;;;;;+2/p-2. The van der Waals surface area contributed by atoms with E-state index < -0.39 is 15.9 Å². The Morgan fingerprint density at radius 2 is 1.19 bits per heavy atom. The van der Waals surface area contributed by atoms with Crippen LogP contribution in [0.15, 0.2) is 66.2 Å². The summed E-state index contributed by atoms with van der Waals surface area (Å²) in [5.74, 6) is 0. The Labute approximate surface area is 225 Å². The molecule has 1 unspecified atom stereocenters. The fourth-order valence-corrected chi connectivity index (χ4v) is 23.7. The molecule has 0 aliphatic heterocycles. The third-order valence-electron chi connectivity index (χ3n) is 8.55. The van der Waals surface area contributed by atoms with Gasteiger partial charge in [-0.05, 0) is 0 Å². The molecule has 0 fully saturated rings. The second-order valence-electron chi connectivity index (χ2n) is 13.0. The van der Waals surface area contributed by atoms with E-state index in [0.717, 1.165) is 0 Å². The molecule has 188 valence electrons. The third kappa shape index (κ3) is 3.92. The van der Waals surface area contributed by atoms with Gasteiger partial charge in [-0.1, -0.05) is 0 Å². The second-order valence-corrected chi connectivity index (χ2v) is 34.4. The summed E-state index contributed by atoms with van der Waals surface area (Å²) in [4.78, 5) is 0. The molecule has 0 nitrogen and oxygen atoms in total. The van der Waals surface area contributed by atoms with Gasteiger partial charge in [0.05, 0.1) is 0 Å². The van der Waals surface area contributed by atoms with Gasteiger partial charge in [-0.15, -0.1) is 0 Å². The monoisotopic (exact) mass is 594 g/mol. The van der Waals surface area contributed by atoms with Crippen molar-refractivity contribution in [1.29, 1.82) is 0 Å². The first kappa shape index (κ1) is 26.3. The Morgan fingerprint density at radius 3 is 1.67 bits per heavy atom. The molecule has 2 aliphatic carbocycles. The van der Waals surface area contributed by atoms with Gasteiger partial charge in [0.2, 0.25) is 0 Å². The van der Waals surface area contributed by atoms with E-state index in [-0.39, 0.29) is 18.1 Å². The van der Waals surface area contributed by atoms with Gasteiger partial charge in [-0.2, -0.15) is 0 Å². The molecular formula is C33H38Cl2Zr. The average Bonchev–Trinajstić information content (AvgIpc) is 3.32. The van der Waals surface area contributed by atoms with E-state index in [9.17, 15) is 0 Å². The molecule has 5 rings (SSSR count). The minimum atomic E-state index is -4.81. The Kier molecular flexibility index (Phi) is 6.12. The summed E-state index contributed by atoms with van der Waals surface area (Å²) in [5, 5.41) is 0. The quantitative estimate of drug-likeness (QED) is 0.276. The Bertz CT molecular complexity index is 1420. The van der Waals surface area contributed by atoms with Gasteiger partial charge in [0.25, 0.3) is 0 Å². The van der Waals surface area contributed by atoms with Gasteiger partial charge in [-0.25, -0.2) is 0 Å². The molecule has 0 saturated heterocycles. The van der Waals surface area contributed by atoms with Crippen molar-refractivity contribution in [2.75, 3.05) is 0 Å². The van der Waals surface area contributed by atoms with E-state index in [1.807, 2.05) is 0 Å². The fraction of sp³-hybridized carbons (Fsp3) is 0.364. The predicted molar refractivity (Wildman–Crippen MR) is 157 cm³/mol. The van der Waals surface area contributed by atoms with Crippen LogP contribution in [-0.2, 0) is 26.7 Å². The van der Waals surface area contributed by atoms with Crippen LogP contribution < -0.4 is 0 Å². The van der Waals surface area contributed by atoms with Crippen LogP contribution in [0.1, 0.15) is 96.0 Å². The van der Waals surface area contributed by atoms with Crippen molar-refractivity contribution in [3.05, 3.63) is 99.6 Å². The molecule has 3 aromatic carbocycles. The Hall–Kier alpha value is -1.27. The van der Waals surface area contributed by atoms with E-state index in [1.165, 1.54) is 50.1 Å². The second kappa shape index (κ2) is 8.36. The van der Waals surface area contributed by atoms with Crippen LogP contribution in [0.25, 0.3) is 17.2 Å². The van der Waals surface area contributed by atoms with E-state index in [1.54, 1.807) is 0 Å².